The average molecular weight is 213 g/mol. The molecule has 1 heterocycles. The van der Waals surface area contributed by atoms with E-state index in [4.69, 9.17) is 5.73 Å². The molecule has 1 aromatic heterocycles. The van der Waals surface area contributed by atoms with Gasteiger partial charge in [0.1, 0.15) is 0 Å². The highest BCUT2D eigenvalue weighted by molar-refractivity contribution is 5.74. The number of aryl methyl sites for hydroxylation is 2. The Morgan fingerprint density at radius 1 is 1.06 bits per heavy atom. The summed E-state index contributed by atoms with van der Waals surface area (Å²) in [6.45, 7) is 4.13. The number of nitrogens with one attached hydrogen (secondary N) is 1. The molecule has 0 aliphatic heterocycles. The van der Waals surface area contributed by atoms with E-state index in [0.29, 0.717) is 0 Å². The van der Waals surface area contributed by atoms with Crippen LogP contribution in [-0.2, 0) is 0 Å². The van der Waals surface area contributed by atoms with Crippen LogP contribution in [0.4, 0.5) is 17.1 Å². The summed E-state index contributed by atoms with van der Waals surface area (Å²) in [5.74, 6) is 0. The predicted molar refractivity (Wildman–Crippen MR) is 67.8 cm³/mol. The fourth-order valence-electron chi connectivity index (χ4n) is 1.54. The quantitative estimate of drug-likeness (QED) is 0.754. The minimum absolute atomic E-state index is 0.764. The number of anilines is 3. The molecule has 0 spiro atoms. The van der Waals surface area contributed by atoms with Crippen molar-refractivity contribution in [1.82, 2.24) is 4.98 Å². The van der Waals surface area contributed by atoms with E-state index in [-0.39, 0.29) is 0 Å². The van der Waals surface area contributed by atoms with Crippen LogP contribution in [0, 0.1) is 13.8 Å². The van der Waals surface area contributed by atoms with Gasteiger partial charge in [-0.15, -0.1) is 0 Å². The second-order valence-corrected chi connectivity index (χ2v) is 3.88. The number of hydrogen-bond donors (Lipinski definition) is 2. The second-order valence-electron chi connectivity index (χ2n) is 3.88. The first kappa shape index (κ1) is 10.5. The molecule has 0 fully saturated rings. The van der Waals surface area contributed by atoms with Crippen LogP contribution in [0.2, 0.25) is 0 Å². The van der Waals surface area contributed by atoms with Crippen molar-refractivity contribution in [3.63, 3.8) is 0 Å². The summed E-state index contributed by atoms with van der Waals surface area (Å²) >= 11 is 0. The molecule has 0 unspecified atom stereocenters. The van der Waals surface area contributed by atoms with Crippen LogP contribution in [0.25, 0.3) is 0 Å². The SMILES string of the molecule is Cc1cc(N)c(Nc2ccncc2)cc1C. The lowest BCUT2D eigenvalue weighted by Gasteiger charge is -2.11. The van der Waals surface area contributed by atoms with Gasteiger partial charge in [0.15, 0.2) is 0 Å². The van der Waals surface area contributed by atoms with E-state index in [1.54, 1.807) is 12.4 Å². The molecule has 82 valence electrons. The maximum Gasteiger partial charge on any atom is 0.0620 e. The molecule has 3 N–H and O–H groups in total. The third-order valence-electron chi connectivity index (χ3n) is 2.63. The van der Waals surface area contributed by atoms with Crippen molar-refractivity contribution in [2.75, 3.05) is 11.1 Å². The van der Waals surface area contributed by atoms with E-state index in [2.05, 4.69) is 30.2 Å². The monoisotopic (exact) mass is 213 g/mol. The van der Waals surface area contributed by atoms with E-state index in [1.165, 1.54) is 11.1 Å². The zero-order valence-electron chi connectivity index (χ0n) is 9.49. The standard InChI is InChI=1S/C13H15N3/c1-9-7-12(14)13(8-10(9)2)16-11-3-5-15-6-4-11/h3-8H,14H2,1-2H3,(H,15,16). The third-order valence-corrected chi connectivity index (χ3v) is 2.63. The number of hydrogen-bond acceptors (Lipinski definition) is 3. The molecule has 3 heteroatoms. The van der Waals surface area contributed by atoms with Crippen molar-refractivity contribution in [3.05, 3.63) is 47.8 Å². The number of nitrogen functional groups attached to an aromatic ring is 1. The number of pyridine rings is 1. The Kier molecular flexibility index (Phi) is 2.77. The fourth-order valence-corrected chi connectivity index (χ4v) is 1.54. The predicted octanol–water partition coefficient (Wildman–Crippen LogP) is 3.02. The Balaban J connectivity index is 2.32. The number of nitrogens with two attached hydrogens (primary N) is 1. The molecule has 0 aliphatic carbocycles. The molecule has 0 atom stereocenters. The number of benzene rings is 1. The lowest BCUT2D eigenvalue weighted by molar-refractivity contribution is 1.31. The van der Waals surface area contributed by atoms with Crippen molar-refractivity contribution < 1.29 is 0 Å². The molecule has 3 nitrogen and oxygen atoms in total. The van der Waals surface area contributed by atoms with E-state index in [0.717, 1.165) is 17.1 Å². The van der Waals surface area contributed by atoms with E-state index >= 15 is 0 Å². The highest BCUT2D eigenvalue weighted by Crippen LogP contribution is 2.25. The normalized spacial score (nSPS) is 10.1. The van der Waals surface area contributed by atoms with Crippen LogP contribution in [0.15, 0.2) is 36.7 Å². The first-order valence-electron chi connectivity index (χ1n) is 5.20. The number of nitrogens with zero attached hydrogens (tertiary/aromatic N) is 1. The Morgan fingerprint density at radius 3 is 2.38 bits per heavy atom. The van der Waals surface area contributed by atoms with Gasteiger partial charge in [-0.05, 0) is 49.2 Å². The summed E-state index contributed by atoms with van der Waals surface area (Å²) in [4.78, 5) is 3.97. The van der Waals surface area contributed by atoms with Gasteiger partial charge in [0.05, 0.1) is 11.4 Å². The summed E-state index contributed by atoms with van der Waals surface area (Å²) in [5, 5.41) is 3.28. The van der Waals surface area contributed by atoms with Crippen molar-refractivity contribution in [2.24, 2.45) is 0 Å². The summed E-state index contributed by atoms with van der Waals surface area (Å²) in [6.07, 6.45) is 3.50. The summed E-state index contributed by atoms with van der Waals surface area (Å²) in [5.41, 5.74) is 11.1. The Morgan fingerprint density at radius 2 is 1.69 bits per heavy atom. The molecular formula is C13H15N3. The molecule has 2 rings (SSSR count). The zero-order valence-corrected chi connectivity index (χ0v) is 9.49. The van der Waals surface area contributed by atoms with E-state index in [1.807, 2.05) is 18.2 Å². The largest absolute Gasteiger partial charge is 0.397 e. The minimum atomic E-state index is 0.764. The van der Waals surface area contributed by atoms with Crippen LogP contribution in [0.1, 0.15) is 11.1 Å². The first-order chi connectivity index (χ1) is 7.66. The molecule has 2 aromatic rings. The van der Waals surface area contributed by atoms with Gasteiger partial charge in [-0.25, -0.2) is 0 Å². The van der Waals surface area contributed by atoms with E-state index < -0.39 is 0 Å². The first-order valence-corrected chi connectivity index (χ1v) is 5.20. The molecule has 0 radical (unpaired) electrons. The van der Waals surface area contributed by atoms with Gasteiger partial charge in [0.25, 0.3) is 0 Å². The van der Waals surface area contributed by atoms with Crippen molar-refractivity contribution in [2.45, 2.75) is 13.8 Å². The highest BCUT2D eigenvalue weighted by atomic mass is 14.9. The Labute approximate surface area is 95.3 Å². The highest BCUT2D eigenvalue weighted by Gasteiger charge is 2.02. The van der Waals surface area contributed by atoms with Crippen LogP contribution in [0.3, 0.4) is 0 Å². The lowest BCUT2D eigenvalue weighted by atomic mass is 10.1. The zero-order chi connectivity index (χ0) is 11.5. The molecular weight excluding hydrogens is 198 g/mol. The molecule has 0 saturated carbocycles. The van der Waals surface area contributed by atoms with Gasteiger partial charge >= 0.3 is 0 Å². The van der Waals surface area contributed by atoms with Crippen molar-refractivity contribution in [1.29, 1.82) is 0 Å². The third kappa shape index (κ3) is 2.14. The Hall–Kier alpha value is -2.03. The van der Waals surface area contributed by atoms with Crippen molar-refractivity contribution in [3.8, 4) is 0 Å². The van der Waals surface area contributed by atoms with Gasteiger partial charge in [-0.1, -0.05) is 0 Å². The van der Waals surface area contributed by atoms with E-state index in [9.17, 15) is 0 Å². The maximum atomic E-state index is 5.96. The second kappa shape index (κ2) is 4.23. The maximum absolute atomic E-state index is 5.96. The lowest BCUT2D eigenvalue weighted by Crippen LogP contribution is -1.98. The van der Waals surface area contributed by atoms with Gasteiger partial charge in [0.2, 0.25) is 0 Å². The van der Waals surface area contributed by atoms with Gasteiger partial charge in [0, 0.05) is 18.1 Å². The van der Waals surface area contributed by atoms with Crippen LogP contribution in [0.5, 0.6) is 0 Å². The van der Waals surface area contributed by atoms with Crippen LogP contribution in [-0.4, -0.2) is 4.98 Å². The average Bonchev–Trinajstić information content (AvgIpc) is 2.27. The molecule has 16 heavy (non-hydrogen) atoms. The summed E-state index contributed by atoms with van der Waals surface area (Å²) in [6, 6.07) is 7.87. The minimum Gasteiger partial charge on any atom is -0.397 e. The fraction of sp³-hybridized carbons (Fsp3) is 0.154. The summed E-state index contributed by atoms with van der Waals surface area (Å²) in [7, 11) is 0. The molecule has 1 aromatic carbocycles. The van der Waals surface area contributed by atoms with Gasteiger partial charge < -0.3 is 11.1 Å². The number of aromatic nitrogens is 1. The molecule has 0 amide bonds. The van der Waals surface area contributed by atoms with Gasteiger partial charge in [-0.2, -0.15) is 0 Å². The Bertz CT molecular complexity index is 492. The van der Waals surface area contributed by atoms with Crippen LogP contribution < -0.4 is 11.1 Å². The van der Waals surface area contributed by atoms with Crippen molar-refractivity contribution >= 4 is 17.1 Å². The van der Waals surface area contributed by atoms with Gasteiger partial charge in [-0.3, -0.25) is 4.98 Å². The molecule has 0 saturated heterocycles. The number of rotatable bonds is 2. The molecule has 0 bridgehead atoms. The topological polar surface area (TPSA) is 50.9 Å². The molecule has 0 aliphatic rings. The summed E-state index contributed by atoms with van der Waals surface area (Å²) < 4.78 is 0. The van der Waals surface area contributed by atoms with Crippen LogP contribution >= 0.6 is 0 Å². The smallest absolute Gasteiger partial charge is 0.0620 e.